The summed E-state index contributed by atoms with van der Waals surface area (Å²) in [4.78, 5) is 17.2. The molecule has 0 bridgehead atoms. The summed E-state index contributed by atoms with van der Waals surface area (Å²) >= 11 is 1.41. The van der Waals surface area contributed by atoms with Gasteiger partial charge in [0.1, 0.15) is 0 Å². The molecule has 0 fully saturated rings. The van der Waals surface area contributed by atoms with E-state index < -0.39 is 0 Å². The van der Waals surface area contributed by atoms with Crippen molar-refractivity contribution in [1.82, 2.24) is 14.8 Å². The Morgan fingerprint density at radius 1 is 0.867 bits per heavy atom. The van der Waals surface area contributed by atoms with Gasteiger partial charge in [0, 0.05) is 17.3 Å². The van der Waals surface area contributed by atoms with Gasteiger partial charge in [0.25, 0.3) is 0 Å². The number of nitrogens with zero attached hydrogens (tertiary/aromatic N) is 3. The molecule has 4 nitrogen and oxygen atoms in total. The van der Waals surface area contributed by atoms with Crippen molar-refractivity contribution in [2.75, 3.05) is 0 Å². The van der Waals surface area contributed by atoms with Gasteiger partial charge in [0.15, 0.2) is 5.01 Å². The molecule has 0 N–H and O–H groups in total. The Labute approximate surface area is 177 Å². The van der Waals surface area contributed by atoms with Crippen LogP contribution in [0.25, 0.3) is 33.2 Å². The van der Waals surface area contributed by atoms with E-state index in [1.807, 2.05) is 102 Å². The molecule has 3 aromatic carbocycles. The molecule has 0 saturated carbocycles. The van der Waals surface area contributed by atoms with E-state index in [9.17, 15) is 4.79 Å². The number of carbonyl (C=O) groups excluding carboxylic acids is 1. The van der Waals surface area contributed by atoms with Crippen LogP contribution >= 0.6 is 11.3 Å². The quantitative estimate of drug-likeness (QED) is 0.263. The molecule has 0 aliphatic rings. The van der Waals surface area contributed by atoms with Gasteiger partial charge < -0.3 is 0 Å². The molecule has 0 aliphatic heterocycles. The largest absolute Gasteiger partial charge is 0.287 e. The van der Waals surface area contributed by atoms with Crippen LogP contribution in [-0.4, -0.2) is 20.5 Å². The van der Waals surface area contributed by atoms with E-state index in [0.717, 1.165) is 32.7 Å². The van der Waals surface area contributed by atoms with Crippen molar-refractivity contribution in [2.24, 2.45) is 0 Å². The normalized spacial score (nSPS) is 11.3. The highest BCUT2D eigenvalue weighted by Gasteiger charge is 2.13. The number of hydrogen-bond acceptors (Lipinski definition) is 4. The molecule has 5 heteroatoms. The van der Waals surface area contributed by atoms with E-state index >= 15 is 0 Å². The highest BCUT2D eigenvalue weighted by Crippen LogP contribution is 2.26. The van der Waals surface area contributed by atoms with E-state index in [2.05, 4.69) is 4.98 Å². The maximum atomic E-state index is 12.7. The van der Waals surface area contributed by atoms with Crippen molar-refractivity contribution < 1.29 is 4.79 Å². The van der Waals surface area contributed by atoms with Crippen LogP contribution in [-0.2, 0) is 0 Å². The van der Waals surface area contributed by atoms with Crippen LogP contribution in [0.15, 0.2) is 97.2 Å². The Balaban J connectivity index is 1.52. The molecule has 2 aromatic heterocycles. The predicted molar refractivity (Wildman–Crippen MR) is 122 cm³/mol. The molecule has 5 aromatic rings. The van der Waals surface area contributed by atoms with Gasteiger partial charge in [-0.1, -0.05) is 60.7 Å². The predicted octanol–water partition coefficient (Wildman–Crippen LogP) is 6.05. The standard InChI is InChI=1S/C25H17N3OS/c29-22(25-26-21-13-7-8-14-23(21)30-25)16-15-19-17-28(20-11-5-2-6-12-20)27-24(19)18-9-3-1-4-10-18/h1-17H/b16-15+. The summed E-state index contributed by atoms with van der Waals surface area (Å²) in [7, 11) is 0. The van der Waals surface area contributed by atoms with Crippen LogP contribution in [0.3, 0.4) is 0 Å². The fourth-order valence-electron chi connectivity index (χ4n) is 3.26. The first-order valence-corrected chi connectivity index (χ1v) is 10.4. The number of hydrogen-bond donors (Lipinski definition) is 0. The van der Waals surface area contributed by atoms with Crippen molar-refractivity contribution in [3.8, 4) is 16.9 Å². The number of aromatic nitrogens is 3. The molecule has 5 rings (SSSR count). The minimum Gasteiger partial charge on any atom is -0.287 e. The number of fused-ring (bicyclic) bond motifs is 1. The first kappa shape index (κ1) is 18.2. The number of allylic oxidation sites excluding steroid dienone is 1. The summed E-state index contributed by atoms with van der Waals surface area (Å²) in [6.07, 6.45) is 5.35. The lowest BCUT2D eigenvalue weighted by atomic mass is 10.1. The lowest BCUT2D eigenvalue weighted by molar-refractivity contribution is 0.104. The minimum atomic E-state index is -0.109. The molecule has 0 atom stereocenters. The molecule has 0 amide bonds. The Hall–Kier alpha value is -3.83. The minimum absolute atomic E-state index is 0.109. The molecule has 144 valence electrons. The second kappa shape index (κ2) is 7.89. The van der Waals surface area contributed by atoms with Crippen LogP contribution in [0.1, 0.15) is 15.4 Å². The van der Waals surface area contributed by atoms with Gasteiger partial charge in [0.2, 0.25) is 5.78 Å². The monoisotopic (exact) mass is 407 g/mol. The van der Waals surface area contributed by atoms with Crippen LogP contribution < -0.4 is 0 Å². The molecule has 0 aliphatic carbocycles. The second-order valence-corrected chi connectivity index (χ2v) is 7.79. The van der Waals surface area contributed by atoms with Gasteiger partial charge in [-0.2, -0.15) is 5.10 Å². The van der Waals surface area contributed by atoms with Crippen LogP contribution in [0.5, 0.6) is 0 Å². The Morgan fingerprint density at radius 2 is 1.57 bits per heavy atom. The zero-order valence-corrected chi connectivity index (χ0v) is 16.8. The summed E-state index contributed by atoms with van der Waals surface area (Å²) in [5, 5.41) is 5.27. The van der Waals surface area contributed by atoms with Crippen LogP contribution in [0, 0.1) is 0 Å². The highest BCUT2D eigenvalue weighted by atomic mass is 32.1. The fourth-order valence-corrected chi connectivity index (χ4v) is 4.14. The molecule has 0 unspecified atom stereocenters. The number of carbonyl (C=O) groups is 1. The third kappa shape index (κ3) is 3.58. The molecule has 30 heavy (non-hydrogen) atoms. The topological polar surface area (TPSA) is 47.8 Å². The smallest absolute Gasteiger partial charge is 0.214 e. The average molecular weight is 407 g/mol. The van der Waals surface area contributed by atoms with E-state index in [1.54, 1.807) is 6.08 Å². The Bertz CT molecular complexity index is 1320. The third-order valence-corrected chi connectivity index (χ3v) is 5.78. The van der Waals surface area contributed by atoms with E-state index in [1.165, 1.54) is 11.3 Å². The molecule has 0 saturated heterocycles. The first-order chi connectivity index (χ1) is 14.8. The van der Waals surface area contributed by atoms with Gasteiger partial charge >= 0.3 is 0 Å². The van der Waals surface area contributed by atoms with Crippen molar-refractivity contribution >= 4 is 33.4 Å². The number of para-hydroxylation sites is 2. The summed E-state index contributed by atoms with van der Waals surface area (Å²) in [5.41, 5.74) is 4.51. The summed E-state index contributed by atoms with van der Waals surface area (Å²) in [6, 6.07) is 27.7. The van der Waals surface area contributed by atoms with Gasteiger partial charge in [0.05, 0.1) is 21.6 Å². The van der Waals surface area contributed by atoms with Crippen molar-refractivity contribution in [2.45, 2.75) is 0 Å². The maximum Gasteiger partial charge on any atom is 0.214 e. The first-order valence-electron chi connectivity index (χ1n) is 9.56. The second-order valence-electron chi connectivity index (χ2n) is 6.76. The average Bonchev–Trinajstić information content (AvgIpc) is 3.43. The van der Waals surface area contributed by atoms with Crippen LogP contribution in [0.2, 0.25) is 0 Å². The molecule has 0 spiro atoms. The van der Waals surface area contributed by atoms with Gasteiger partial charge in [-0.15, -0.1) is 11.3 Å². The third-order valence-electron chi connectivity index (χ3n) is 4.73. The van der Waals surface area contributed by atoms with Gasteiger partial charge in [-0.25, -0.2) is 9.67 Å². The SMILES string of the molecule is O=C(/C=C/c1cn(-c2ccccc2)nc1-c1ccccc1)c1nc2ccccc2s1. The molecule has 2 heterocycles. The molecule has 0 radical (unpaired) electrons. The van der Waals surface area contributed by atoms with Gasteiger partial charge in [-0.3, -0.25) is 4.79 Å². The Kier molecular flexibility index (Phi) is 4.79. The summed E-state index contributed by atoms with van der Waals surface area (Å²) in [6.45, 7) is 0. The number of thiazole rings is 1. The maximum absolute atomic E-state index is 12.7. The highest BCUT2D eigenvalue weighted by molar-refractivity contribution is 7.20. The van der Waals surface area contributed by atoms with E-state index in [4.69, 9.17) is 5.10 Å². The van der Waals surface area contributed by atoms with Crippen molar-refractivity contribution in [3.63, 3.8) is 0 Å². The molecular formula is C25H17N3OS. The van der Waals surface area contributed by atoms with Crippen molar-refractivity contribution in [3.05, 3.63) is 108 Å². The van der Waals surface area contributed by atoms with E-state index in [0.29, 0.717) is 5.01 Å². The lowest BCUT2D eigenvalue weighted by Crippen LogP contribution is -1.93. The molecular weight excluding hydrogens is 390 g/mol. The van der Waals surface area contributed by atoms with Gasteiger partial charge in [-0.05, 0) is 36.4 Å². The number of rotatable bonds is 5. The van der Waals surface area contributed by atoms with E-state index in [-0.39, 0.29) is 5.78 Å². The Morgan fingerprint density at radius 3 is 2.33 bits per heavy atom. The fraction of sp³-hybridized carbons (Fsp3) is 0. The zero-order chi connectivity index (χ0) is 20.3. The van der Waals surface area contributed by atoms with Crippen LogP contribution in [0.4, 0.5) is 0 Å². The number of benzene rings is 3. The summed E-state index contributed by atoms with van der Waals surface area (Å²) < 4.78 is 2.85. The summed E-state index contributed by atoms with van der Waals surface area (Å²) in [5.74, 6) is -0.109. The zero-order valence-electron chi connectivity index (χ0n) is 16.0. The van der Waals surface area contributed by atoms with Crippen molar-refractivity contribution in [1.29, 1.82) is 0 Å². The lowest BCUT2D eigenvalue weighted by Gasteiger charge is -2.00. The number of ketones is 1.